The van der Waals surface area contributed by atoms with Crippen LogP contribution in [0.1, 0.15) is 18.2 Å². The SMILES string of the molecule is CC[n+]1c(/C=C2\Sc3cc(OC)ccc3N2C)ccc2ccc(C)cc21.[I-]. The molecule has 0 aliphatic carbocycles. The predicted molar refractivity (Wildman–Crippen MR) is 110 cm³/mol. The smallest absolute Gasteiger partial charge is 0.213 e. The van der Waals surface area contributed by atoms with E-state index in [2.05, 4.69) is 78.9 Å². The first-order valence-electron chi connectivity index (χ1n) is 8.85. The summed E-state index contributed by atoms with van der Waals surface area (Å²) in [6, 6.07) is 17.3. The molecular formula is C22H23IN2OS. The van der Waals surface area contributed by atoms with E-state index < -0.39 is 0 Å². The largest absolute Gasteiger partial charge is 1.00 e. The van der Waals surface area contributed by atoms with E-state index in [1.807, 2.05) is 6.07 Å². The Morgan fingerprint density at radius 3 is 2.63 bits per heavy atom. The van der Waals surface area contributed by atoms with Crippen molar-refractivity contribution >= 4 is 34.4 Å². The van der Waals surface area contributed by atoms with Gasteiger partial charge in [0.1, 0.15) is 12.3 Å². The molecule has 140 valence electrons. The highest BCUT2D eigenvalue weighted by Gasteiger charge is 2.24. The van der Waals surface area contributed by atoms with E-state index in [0.717, 1.165) is 12.3 Å². The summed E-state index contributed by atoms with van der Waals surface area (Å²) in [4.78, 5) is 3.48. The van der Waals surface area contributed by atoms with Gasteiger partial charge in [-0.2, -0.15) is 4.57 Å². The fraction of sp³-hybridized carbons (Fsp3) is 0.227. The highest BCUT2D eigenvalue weighted by atomic mass is 127. The quantitative estimate of drug-likeness (QED) is 0.413. The molecule has 0 amide bonds. The number of thioether (sulfide) groups is 1. The lowest BCUT2D eigenvalue weighted by Gasteiger charge is -2.13. The van der Waals surface area contributed by atoms with E-state index >= 15 is 0 Å². The number of benzene rings is 2. The van der Waals surface area contributed by atoms with Crippen LogP contribution in [0.3, 0.4) is 0 Å². The zero-order chi connectivity index (χ0) is 18.3. The molecule has 0 fully saturated rings. The number of halogens is 1. The van der Waals surface area contributed by atoms with Crippen molar-refractivity contribution in [2.24, 2.45) is 0 Å². The molecule has 1 aliphatic rings. The van der Waals surface area contributed by atoms with Crippen LogP contribution in [0.15, 0.2) is 58.5 Å². The Morgan fingerprint density at radius 2 is 1.89 bits per heavy atom. The Labute approximate surface area is 182 Å². The molecule has 2 aromatic carbocycles. The molecule has 0 atom stereocenters. The first-order chi connectivity index (χ1) is 12.6. The van der Waals surface area contributed by atoms with Crippen LogP contribution in [0, 0.1) is 6.92 Å². The van der Waals surface area contributed by atoms with E-state index in [-0.39, 0.29) is 24.0 Å². The van der Waals surface area contributed by atoms with Gasteiger partial charge in [-0.25, -0.2) is 0 Å². The molecule has 27 heavy (non-hydrogen) atoms. The van der Waals surface area contributed by atoms with Crippen molar-refractivity contribution in [1.82, 2.24) is 0 Å². The zero-order valence-electron chi connectivity index (χ0n) is 16.0. The van der Waals surface area contributed by atoms with Crippen LogP contribution < -0.4 is 38.2 Å². The maximum absolute atomic E-state index is 5.37. The third kappa shape index (κ3) is 3.67. The van der Waals surface area contributed by atoms with Crippen molar-refractivity contribution in [3.05, 3.63) is 64.8 Å². The number of aromatic nitrogens is 1. The van der Waals surface area contributed by atoms with Crippen molar-refractivity contribution < 1.29 is 33.3 Å². The first kappa shape index (κ1) is 20.0. The molecule has 0 unspecified atom stereocenters. The fourth-order valence-electron chi connectivity index (χ4n) is 3.44. The average Bonchev–Trinajstić information content (AvgIpc) is 2.96. The highest BCUT2D eigenvalue weighted by Crippen LogP contribution is 2.46. The number of ether oxygens (including phenoxy) is 1. The summed E-state index contributed by atoms with van der Waals surface area (Å²) >= 11 is 1.79. The van der Waals surface area contributed by atoms with Crippen molar-refractivity contribution in [3.8, 4) is 5.75 Å². The number of aryl methyl sites for hydroxylation is 2. The normalized spacial score (nSPS) is 14.4. The van der Waals surface area contributed by atoms with Gasteiger partial charge in [-0.05, 0) is 49.7 Å². The second-order valence-electron chi connectivity index (χ2n) is 6.54. The molecule has 3 nitrogen and oxygen atoms in total. The summed E-state index contributed by atoms with van der Waals surface area (Å²) in [6.07, 6.45) is 2.28. The average molecular weight is 490 g/mol. The number of rotatable bonds is 3. The van der Waals surface area contributed by atoms with Crippen LogP contribution in [0.5, 0.6) is 5.75 Å². The van der Waals surface area contributed by atoms with Gasteiger partial charge < -0.3 is 33.6 Å². The lowest BCUT2D eigenvalue weighted by Crippen LogP contribution is -3.00. The van der Waals surface area contributed by atoms with Crippen molar-refractivity contribution in [3.63, 3.8) is 0 Å². The standard InChI is InChI=1S/C22H23N2OS.HI/c1-5-24-17(9-8-16-7-6-15(2)12-20(16)24)13-22-23(3)19-11-10-18(25-4)14-21(19)26-22;/h6-14H,5H2,1-4H3;1H/q+1;/p-1. The lowest BCUT2D eigenvalue weighted by atomic mass is 10.1. The molecule has 0 saturated carbocycles. The number of methoxy groups -OCH3 is 1. The topological polar surface area (TPSA) is 16.4 Å². The fourth-order valence-corrected chi connectivity index (χ4v) is 4.57. The summed E-state index contributed by atoms with van der Waals surface area (Å²) in [5, 5.41) is 2.50. The summed E-state index contributed by atoms with van der Waals surface area (Å²) in [5.74, 6) is 0.899. The number of hydrogen-bond acceptors (Lipinski definition) is 3. The molecule has 2 heterocycles. The Balaban J connectivity index is 0.00000210. The monoisotopic (exact) mass is 490 g/mol. The molecule has 0 spiro atoms. The number of anilines is 1. The van der Waals surface area contributed by atoms with Gasteiger partial charge in [-0.1, -0.05) is 17.8 Å². The van der Waals surface area contributed by atoms with E-state index in [4.69, 9.17) is 4.74 Å². The third-order valence-electron chi connectivity index (χ3n) is 4.88. The van der Waals surface area contributed by atoms with Gasteiger partial charge in [0.2, 0.25) is 11.2 Å². The molecule has 0 N–H and O–H groups in total. The van der Waals surface area contributed by atoms with Gasteiger partial charge in [0.15, 0.2) is 0 Å². The van der Waals surface area contributed by atoms with Gasteiger partial charge in [-0.3, -0.25) is 0 Å². The number of nitrogens with zero attached hydrogens (tertiary/aromatic N) is 2. The molecule has 4 rings (SSSR count). The molecule has 5 heteroatoms. The first-order valence-corrected chi connectivity index (χ1v) is 9.67. The second-order valence-corrected chi connectivity index (χ2v) is 7.60. The van der Waals surface area contributed by atoms with Gasteiger partial charge in [0, 0.05) is 35.5 Å². The maximum atomic E-state index is 5.37. The Hall–Kier alpha value is -1.73. The molecule has 3 aromatic rings. The summed E-state index contributed by atoms with van der Waals surface area (Å²) in [5.41, 5.74) is 5.02. The van der Waals surface area contributed by atoms with Crippen LogP contribution in [0.25, 0.3) is 17.0 Å². The van der Waals surface area contributed by atoms with Crippen LogP contribution >= 0.6 is 11.8 Å². The molecule has 0 bridgehead atoms. The Kier molecular flexibility index (Phi) is 6.01. The Morgan fingerprint density at radius 1 is 1.11 bits per heavy atom. The Bertz CT molecular complexity index is 1030. The highest BCUT2D eigenvalue weighted by molar-refractivity contribution is 8.03. The predicted octanol–water partition coefficient (Wildman–Crippen LogP) is 2.01. The maximum Gasteiger partial charge on any atom is 0.213 e. The second kappa shape index (κ2) is 8.10. The van der Waals surface area contributed by atoms with Crippen molar-refractivity contribution in [2.45, 2.75) is 25.3 Å². The minimum Gasteiger partial charge on any atom is -1.00 e. The van der Waals surface area contributed by atoms with Crippen LogP contribution in [-0.2, 0) is 6.54 Å². The number of hydrogen-bond donors (Lipinski definition) is 0. The van der Waals surface area contributed by atoms with Gasteiger partial charge in [0.05, 0.1) is 17.8 Å². The van der Waals surface area contributed by atoms with E-state index in [0.29, 0.717) is 0 Å². The minimum absolute atomic E-state index is 0. The number of pyridine rings is 1. The lowest BCUT2D eigenvalue weighted by molar-refractivity contribution is -0.669. The summed E-state index contributed by atoms with van der Waals surface area (Å²) in [7, 11) is 3.83. The van der Waals surface area contributed by atoms with E-state index in [1.54, 1.807) is 18.9 Å². The van der Waals surface area contributed by atoms with E-state index in [1.165, 1.54) is 37.8 Å². The molecule has 1 aliphatic heterocycles. The zero-order valence-corrected chi connectivity index (χ0v) is 19.0. The number of fused-ring (bicyclic) bond motifs is 2. The third-order valence-corrected chi connectivity index (χ3v) is 6.03. The molecule has 0 radical (unpaired) electrons. The van der Waals surface area contributed by atoms with Crippen molar-refractivity contribution in [1.29, 1.82) is 0 Å². The van der Waals surface area contributed by atoms with Crippen LogP contribution in [0.2, 0.25) is 0 Å². The molecule has 0 saturated heterocycles. The molecule has 1 aromatic heterocycles. The molecular weight excluding hydrogens is 467 g/mol. The minimum atomic E-state index is 0. The van der Waals surface area contributed by atoms with Crippen LogP contribution in [-0.4, -0.2) is 14.2 Å². The van der Waals surface area contributed by atoms with Gasteiger partial charge >= 0.3 is 0 Å². The van der Waals surface area contributed by atoms with Gasteiger partial charge in [0.25, 0.3) is 0 Å². The van der Waals surface area contributed by atoms with E-state index in [9.17, 15) is 0 Å². The van der Waals surface area contributed by atoms with Crippen molar-refractivity contribution in [2.75, 3.05) is 19.1 Å². The van der Waals surface area contributed by atoms with Gasteiger partial charge in [-0.15, -0.1) is 0 Å². The summed E-state index contributed by atoms with van der Waals surface area (Å²) in [6.45, 7) is 5.29. The summed E-state index contributed by atoms with van der Waals surface area (Å²) < 4.78 is 7.75. The van der Waals surface area contributed by atoms with Crippen LogP contribution in [0.4, 0.5) is 5.69 Å².